The van der Waals surface area contributed by atoms with Crippen molar-refractivity contribution in [3.8, 4) is 0 Å². The average Bonchev–Trinajstić information content (AvgIpc) is 3.04. The zero-order valence-electron chi connectivity index (χ0n) is 12.5. The maximum Gasteiger partial charge on any atom is 0.329 e. The molecule has 0 aromatic carbocycles. The second kappa shape index (κ2) is 6.11. The highest BCUT2D eigenvalue weighted by molar-refractivity contribution is 5.96. The van der Waals surface area contributed by atoms with Gasteiger partial charge >= 0.3 is 5.97 Å². The summed E-state index contributed by atoms with van der Waals surface area (Å²) in [6.07, 6.45) is 9.06. The van der Waals surface area contributed by atoms with E-state index in [2.05, 4.69) is 5.10 Å². The van der Waals surface area contributed by atoms with E-state index in [1.54, 1.807) is 30.2 Å². The van der Waals surface area contributed by atoms with Gasteiger partial charge in [0.05, 0.1) is 6.20 Å². The van der Waals surface area contributed by atoms with Crippen molar-refractivity contribution in [3.63, 3.8) is 0 Å². The fourth-order valence-corrected chi connectivity index (χ4v) is 2.99. The quantitative estimate of drug-likeness (QED) is 0.837. The van der Waals surface area contributed by atoms with Crippen molar-refractivity contribution in [2.45, 2.75) is 38.1 Å². The van der Waals surface area contributed by atoms with Crippen LogP contribution in [0.15, 0.2) is 18.5 Å². The van der Waals surface area contributed by atoms with E-state index in [-0.39, 0.29) is 5.91 Å². The number of amides is 1. The molecule has 2 heterocycles. The lowest BCUT2D eigenvalue weighted by atomic mass is 9.90. The summed E-state index contributed by atoms with van der Waals surface area (Å²) in [5, 5.41) is 13.6. The van der Waals surface area contributed by atoms with Gasteiger partial charge in [0.25, 0.3) is 0 Å². The van der Waals surface area contributed by atoms with Gasteiger partial charge in [-0.2, -0.15) is 5.10 Å². The van der Waals surface area contributed by atoms with Crippen LogP contribution in [0.1, 0.15) is 38.2 Å². The van der Waals surface area contributed by atoms with Crippen molar-refractivity contribution in [1.82, 2.24) is 14.7 Å². The smallest absolute Gasteiger partial charge is 0.329 e. The third kappa shape index (κ3) is 2.99. The molecule has 1 aromatic rings. The molecule has 1 atom stereocenters. The van der Waals surface area contributed by atoms with Crippen molar-refractivity contribution >= 4 is 18.0 Å². The van der Waals surface area contributed by atoms with E-state index in [4.69, 9.17) is 0 Å². The van der Waals surface area contributed by atoms with Crippen LogP contribution in [0.2, 0.25) is 0 Å². The van der Waals surface area contributed by atoms with E-state index >= 15 is 0 Å². The molecule has 21 heavy (non-hydrogen) atoms. The molecule has 0 aliphatic carbocycles. The Morgan fingerprint density at radius 2 is 2.29 bits per heavy atom. The molecule has 0 radical (unpaired) electrons. The van der Waals surface area contributed by atoms with Crippen LogP contribution in [-0.2, 0) is 16.6 Å². The van der Waals surface area contributed by atoms with Crippen molar-refractivity contribution in [3.05, 3.63) is 24.0 Å². The van der Waals surface area contributed by atoms with Gasteiger partial charge in [0.2, 0.25) is 5.91 Å². The van der Waals surface area contributed by atoms with Crippen LogP contribution in [0.3, 0.4) is 0 Å². The minimum absolute atomic E-state index is 0.243. The maximum atomic E-state index is 12.4. The Balaban J connectivity index is 2.17. The SMILES string of the molecule is CCCC1(C(=O)O)CCCN1C(=O)/C=C/c1cnn(C)c1. The fourth-order valence-electron chi connectivity index (χ4n) is 2.99. The van der Waals surface area contributed by atoms with Crippen LogP contribution in [-0.4, -0.2) is 43.7 Å². The number of hydrogen-bond donors (Lipinski definition) is 1. The summed E-state index contributed by atoms with van der Waals surface area (Å²) < 4.78 is 1.65. The molecule has 1 N–H and O–H groups in total. The number of hydrogen-bond acceptors (Lipinski definition) is 3. The molecule has 1 fully saturated rings. The summed E-state index contributed by atoms with van der Waals surface area (Å²) in [6, 6.07) is 0. The van der Waals surface area contributed by atoms with Crippen LogP contribution < -0.4 is 0 Å². The zero-order chi connectivity index (χ0) is 15.5. The van der Waals surface area contributed by atoms with E-state index in [1.165, 1.54) is 11.0 Å². The molecule has 114 valence electrons. The first-order chi connectivity index (χ1) is 9.99. The molecule has 1 saturated heterocycles. The standard InChI is InChI=1S/C15H21N3O3/c1-3-7-15(14(20)21)8-4-9-18(15)13(19)6-5-12-10-16-17(2)11-12/h5-6,10-11H,3-4,7-9H2,1-2H3,(H,20,21)/b6-5+. The monoisotopic (exact) mass is 291 g/mol. The number of carboxylic acid groups (broad SMARTS) is 1. The topological polar surface area (TPSA) is 75.4 Å². The van der Waals surface area contributed by atoms with E-state index in [9.17, 15) is 14.7 Å². The lowest BCUT2D eigenvalue weighted by Gasteiger charge is -2.34. The first kappa shape index (κ1) is 15.3. The third-order valence-corrected chi connectivity index (χ3v) is 3.96. The first-order valence-corrected chi connectivity index (χ1v) is 7.21. The minimum Gasteiger partial charge on any atom is -0.479 e. The minimum atomic E-state index is -1.04. The number of likely N-dealkylation sites (tertiary alicyclic amines) is 1. The summed E-state index contributed by atoms with van der Waals surface area (Å²) in [6.45, 7) is 2.44. The number of carbonyl (C=O) groups is 2. The van der Waals surface area contributed by atoms with Crippen LogP contribution in [0.4, 0.5) is 0 Å². The summed E-state index contributed by atoms with van der Waals surface area (Å²) in [5.41, 5.74) is -0.216. The molecule has 1 amide bonds. The number of aliphatic carboxylic acids is 1. The number of nitrogens with zero attached hydrogens (tertiary/aromatic N) is 3. The maximum absolute atomic E-state index is 12.4. The van der Waals surface area contributed by atoms with E-state index in [0.717, 1.165) is 18.4 Å². The summed E-state index contributed by atoms with van der Waals surface area (Å²) >= 11 is 0. The van der Waals surface area contributed by atoms with Gasteiger partial charge < -0.3 is 10.0 Å². The Bertz CT molecular complexity index is 564. The van der Waals surface area contributed by atoms with Crippen LogP contribution in [0.25, 0.3) is 6.08 Å². The van der Waals surface area contributed by atoms with E-state index < -0.39 is 11.5 Å². The molecule has 2 rings (SSSR count). The van der Waals surface area contributed by atoms with Crippen molar-refractivity contribution in [2.75, 3.05) is 6.54 Å². The van der Waals surface area contributed by atoms with Gasteiger partial charge in [0.1, 0.15) is 5.54 Å². The number of carboxylic acids is 1. The van der Waals surface area contributed by atoms with Gasteiger partial charge in [-0.05, 0) is 25.3 Å². The molecule has 0 spiro atoms. The van der Waals surface area contributed by atoms with Gasteiger partial charge in [0.15, 0.2) is 0 Å². The molecular formula is C15H21N3O3. The number of carbonyl (C=O) groups excluding carboxylic acids is 1. The third-order valence-electron chi connectivity index (χ3n) is 3.96. The van der Waals surface area contributed by atoms with Gasteiger partial charge in [0, 0.05) is 31.4 Å². The average molecular weight is 291 g/mol. The number of aromatic nitrogens is 2. The second-order valence-electron chi connectivity index (χ2n) is 5.46. The highest BCUT2D eigenvalue weighted by atomic mass is 16.4. The second-order valence-corrected chi connectivity index (χ2v) is 5.46. The lowest BCUT2D eigenvalue weighted by molar-refractivity contribution is -0.155. The zero-order valence-corrected chi connectivity index (χ0v) is 12.5. The summed E-state index contributed by atoms with van der Waals surface area (Å²) in [7, 11) is 1.80. The molecule has 0 bridgehead atoms. The Morgan fingerprint density at radius 1 is 1.52 bits per heavy atom. The Labute approximate surface area is 124 Å². The van der Waals surface area contributed by atoms with Crippen LogP contribution in [0, 0.1) is 0 Å². The molecule has 6 heteroatoms. The Morgan fingerprint density at radius 3 is 2.86 bits per heavy atom. The highest BCUT2D eigenvalue weighted by Crippen LogP contribution is 2.34. The van der Waals surface area contributed by atoms with Crippen molar-refractivity contribution in [1.29, 1.82) is 0 Å². The molecule has 1 aromatic heterocycles. The molecule has 0 saturated carbocycles. The predicted octanol–water partition coefficient (Wildman–Crippen LogP) is 1.68. The largest absolute Gasteiger partial charge is 0.479 e. The number of rotatable bonds is 5. The van der Waals surface area contributed by atoms with Gasteiger partial charge in [-0.1, -0.05) is 13.3 Å². The van der Waals surface area contributed by atoms with Crippen LogP contribution in [0.5, 0.6) is 0 Å². The fraction of sp³-hybridized carbons (Fsp3) is 0.533. The molecule has 1 aliphatic rings. The lowest BCUT2D eigenvalue weighted by Crippen LogP contribution is -2.52. The van der Waals surface area contributed by atoms with E-state index in [0.29, 0.717) is 19.4 Å². The number of aryl methyl sites for hydroxylation is 1. The van der Waals surface area contributed by atoms with Gasteiger partial charge in [-0.15, -0.1) is 0 Å². The predicted molar refractivity (Wildman–Crippen MR) is 78.5 cm³/mol. The van der Waals surface area contributed by atoms with E-state index in [1.807, 2.05) is 6.92 Å². The summed E-state index contributed by atoms with van der Waals surface area (Å²) in [4.78, 5) is 25.5. The van der Waals surface area contributed by atoms with Gasteiger partial charge in [-0.3, -0.25) is 9.48 Å². The highest BCUT2D eigenvalue weighted by Gasteiger charge is 2.48. The molecule has 6 nitrogen and oxygen atoms in total. The summed E-state index contributed by atoms with van der Waals surface area (Å²) in [5.74, 6) is -1.14. The normalized spacial score (nSPS) is 22.1. The van der Waals surface area contributed by atoms with Gasteiger partial charge in [-0.25, -0.2) is 4.79 Å². The molecule has 1 unspecified atom stereocenters. The van der Waals surface area contributed by atoms with Crippen molar-refractivity contribution in [2.24, 2.45) is 7.05 Å². The molecule has 1 aliphatic heterocycles. The first-order valence-electron chi connectivity index (χ1n) is 7.21. The Hall–Kier alpha value is -2.11. The van der Waals surface area contributed by atoms with Crippen molar-refractivity contribution < 1.29 is 14.7 Å². The Kier molecular flexibility index (Phi) is 4.45. The van der Waals surface area contributed by atoms with Crippen LogP contribution >= 0.6 is 0 Å². The molecular weight excluding hydrogens is 270 g/mol.